The van der Waals surface area contributed by atoms with E-state index in [1.54, 1.807) is 0 Å². The van der Waals surface area contributed by atoms with Gasteiger partial charge in [-0.25, -0.2) is 13.6 Å². The molecule has 158 valence electrons. The van der Waals surface area contributed by atoms with Crippen LogP contribution in [0.1, 0.15) is 39.0 Å². The van der Waals surface area contributed by atoms with E-state index in [4.69, 9.17) is 52.2 Å². The number of nitrogens with two attached hydrogens (primary N) is 1. The zero-order chi connectivity index (χ0) is 21.4. The quantitative estimate of drug-likeness (QED) is 0.183. The minimum Gasteiger partial charge on any atom is -0.339 e. The van der Waals surface area contributed by atoms with Crippen LogP contribution in [0.25, 0.3) is 0 Å². The van der Waals surface area contributed by atoms with E-state index in [-0.39, 0.29) is 15.9 Å². The molecule has 0 heterocycles. The largest absolute Gasteiger partial charge is 0.339 e. The SMILES string of the molecule is CCCCCCC(=O)NC(NC(=S)Nc1ccc(S(N)(=O)=O)cc1)C(Cl)(Cl)Cl. The number of unbranched alkanes of at least 4 members (excludes halogenated alkanes) is 3. The van der Waals surface area contributed by atoms with Gasteiger partial charge in [-0.3, -0.25) is 4.79 Å². The molecule has 1 rings (SSSR count). The van der Waals surface area contributed by atoms with Crippen molar-refractivity contribution in [3.05, 3.63) is 24.3 Å². The molecule has 0 fully saturated rings. The third-order valence-electron chi connectivity index (χ3n) is 3.61. The molecule has 0 aliphatic carbocycles. The highest BCUT2D eigenvalue weighted by atomic mass is 35.6. The molecule has 7 nitrogen and oxygen atoms in total. The molecule has 0 saturated heterocycles. The first-order valence-electron chi connectivity index (χ1n) is 8.50. The Morgan fingerprint density at radius 2 is 1.75 bits per heavy atom. The lowest BCUT2D eigenvalue weighted by Gasteiger charge is -2.27. The Balaban J connectivity index is 2.66. The van der Waals surface area contributed by atoms with Crippen LogP contribution in [0.4, 0.5) is 5.69 Å². The normalized spacial score (nSPS) is 12.9. The minimum atomic E-state index is -3.79. The number of benzene rings is 1. The van der Waals surface area contributed by atoms with Gasteiger partial charge in [0.2, 0.25) is 19.7 Å². The summed E-state index contributed by atoms with van der Waals surface area (Å²) in [6.45, 7) is 2.08. The lowest BCUT2D eigenvalue weighted by molar-refractivity contribution is -0.122. The number of carbonyl (C=O) groups is 1. The van der Waals surface area contributed by atoms with E-state index in [0.717, 1.165) is 25.7 Å². The molecular weight excluding hydrogens is 467 g/mol. The van der Waals surface area contributed by atoms with E-state index in [2.05, 4.69) is 22.9 Å². The van der Waals surface area contributed by atoms with Gasteiger partial charge in [-0.05, 0) is 42.9 Å². The number of alkyl halides is 3. The summed E-state index contributed by atoms with van der Waals surface area (Å²) in [5.74, 6) is -0.264. The fraction of sp³-hybridized carbons (Fsp3) is 0.500. The van der Waals surface area contributed by atoms with Crippen molar-refractivity contribution in [2.45, 2.75) is 53.9 Å². The van der Waals surface area contributed by atoms with Crippen molar-refractivity contribution in [3.8, 4) is 0 Å². The molecule has 0 spiro atoms. The van der Waals surface area contributed by atoms with Gasteiger partial charge < -0.3 is 16.0 Å². The number of hydrogen-bond donors (Lipinski definition) is 4. The maximum absolute atomic E-state index is 12.1. The van der Waals surface area contributed by atoms with E-state index in [9.17, 15) is 13.2 Å². The average Bonchev–Trinajstić information content (AvgIpc) is 2.57. The lowest BCUT2D eigenvalue weighted by atomic mass is 10.1. The number of nitrogens with one attached hydrogen (secondary N) is 3. The number of amides is 1. The van der Waals surface area contributed by atoms with Crippen LogP contribution in [-0.4, -0.2) is 29.4 Å². The Kier molecular flexibility index (Phi) is 10.2. The second-order valence-electron chi connectivity index (χ2n) is 6.02. The fourth-order valence-electron chi connectivity index (χ4n) is 2.17. The fourth-order valence-corrected chi connectivity index (χ4v) is 3.25. The molecule has 0 radical (unpaired) electrons. The summed E-state index contributed by atoms with van der Waals surface area (Å²) in [6, 6.07) is 5.60. The Morgan fingerprint density at radius 3 is 2.25 bits per heavy atom. The summed E-state index contributed by atoms with van der Waals surface area (Å²) in [6.07, 6.45) is 3.07. The van der Waals surface area contributed by atoms with E-state index in [1.165, 1.54) is 24.3 Å². The molecule has 0 aromatic heterocycles. The average molecular weight is 490 g/mol. The van der Waals surface area contributed by atoms with Gasteiger partial charge in [0.15, 0.2) is 5.11 Å². The van der Waals surface area contributed by atoms with Crippen molar-refractivity contribution in [1.82, 2.24) is 10.6 Å². The first kappa shape index (κ1) is 25.2. The van der Waals surface area contributed by atoms with Crippen LogP contribution < -0.4 is 21.1 Å². The van der Waals surface area contributed by atoms with Crippen molar-refractivity contribution >= 4 is 73.8 Å². The highest BCUT2D eigenvalue weighted by molar-refractivity contribution is 7.89. The van der Waals surface area contributed by atoms with Gasteiger partial charge in [0, 0.05) is 12.1 Å². The Labute approximate surface area is 185 Å². The number of anilines is 1. The molecule has 12 heteroatoms. The van der Waals surface area contributed by atoms with Crippen LogP contribution in [0, 0.1) is 0 Å². The summed E-state index contributed by atoms with van der Waals surface area (Å²) in [5.41, 5.74) is 0.485. The molecule has 28 heavy (non-hydrogen) atoms. The van der Waals surface area contributed by atoms with Crippen molar-refractivity contribution in [2.24, 2.45) is 5.14 Å². The lowest BCUT2D eigenvalue weighted by Crippen LogP contribution is -2.56. The number of rotatable bonds is 9. The molecular formula is C16H23Cl3N4O3S2. The third kappa shape index (κ3) is 9.58. The van der Waals surface area contributed by atoms with Gasteiger partial charge in [0.1, 0.15) is 6.17 Å². The van der Waals surface area contributed by atoms with Gasteiger partial charge >= 0.3 is 0 Å². The van der Waals surface area contributed by atoms with Crippen LogP contribution in [0.15, 0.2) is 29.2 Å². The van der Waals surface area contributed by atoms with Gasteiger partial charge in [0.05, 0.1) is 4.90 Å². The van der Waals surface area contributed by atoms with Gasteiger partial charge in [-0.1, -0.05) is 61.0 Å². The zero-order valence-corrected chi connectivity index (χ0v) is 19.1. The summed E-state index contributed by atoms with van der Waals surface area (Å²) in [5, 5.41) is 13.3. The van der Waals surface area contributed by atoms with Crippen molar-refractivity contribution in [1.29, 1.82) is 0 Å². The zero-order valence-electron chi connectivity index (χ0n) is 15.2. The van der Waals surface area contributed by atoms with Gasteiger partial charge in [-0.2, -0.15) is 0 Å². The summed E-state index contributed by atoms with van der Waals surface area (Å²) < 4.78 is 20.7. The molecule has 1 aromatic carbocycles. The molecule has 1 aromatic rings. The Bertz CT molecular complexity index is 768. The Morgan fingerprint density at radius 1 is 1.14 bits per heavy atom. The Hall–Kier alpha value is -0.840. The van der Waals surface area contributed by atoms with Crippen molar-refractivity contribution < 1.29 is 13.2 Å². The molecule has 0 saturated carbocycles. The minimum absolute atomic E-state index is 0.0357. The maximum Gasteiger partial charge on any atom is 0.238 e. The van der Waals surface area contributed by atoms with Crippen LogP contribution in [0.5, 0.6) is 0 Å². The third-order valence-corrected chi connectivity index (χ3v) is 5.41. The molecule has 0 bridgehead atoms. The first-order chi connectivity index (χ1) is 12.9. The number of carbonyl (C=O) groups excluding carboxylic acids is 1. The van der Waals surface area contributed by atoms with Crippen LogP contribution >= 0.6 is 47.0 Å². The predicted molar refractivity (Wildman–Crippen MR) is 118 cm³/mol. The summed E-state index contributed by atoms with van der Waals surface area (Å²) in [4.78, 5) is 12.0. The number of hydrogen-bond acceptors (Lipinski definition) is 4. The van der Waals surface area contributed by atoms with Crippen LogP contribution in [-0.2, 0) is 14.8 Å². The first-order valence-corrected chi connectivity index (χ1v) is 11.6. The monoisotopic (exact) mass is 488 g/mol. The molecule has 0 aliphatic heterocycles. The van der Waals surface area contributed by atoms with Crippen molar-refractivity contribution in [3.63, 3.8) is 0 Å². The summed E-state index contributed by atoms with van der Waals surface area (Å²) >= 11 is 23.0. The smallest absolute Gasteiger partial charge is 0.238 e. The van der Waals surface area contributed by atoms with Gasteiger partial charge in [-0.15, -0.1) is 0 Å². The molecule has 1 atom stereocenters. The highest BCUT2D eigenvalue weighted by Crippen LogP contribution is 2.29. The highest BCUT2D eigenvalue weighted by Gasteiger charge is 2.34. The summed E-state index contributed by atoms with van der Waals surface area (Å²) in [7, 11) is -3.79. The van der Waals surface area contributed by atoms with E-state index in [1.807, 2.05) is 0 Å². The molecule has 1 unspecified atom stereocenters. The van der Waals surface area contributed by atoms with Gasteiger partial charge in [0.25, 0.3) is 0 Å². The topological polar surface area (TPSA) is 113 Å². The van der Waals surface area contributed by atoms with Crippen LogP contribution in [0.2, 0.25) is 0 Å². The van der Waals surface area contributed by atoms with E-state index >= 15 is 0 Å². The molecule has 0 aliphatic rings. The predicted octanol–water partition coefficient (Wildman–Crippen LogP) is 3.40. The molecule has 1 amide bonds. The number of sulfonamides is 1. The number of primary sulfonamides is 1. The number of thiocarbonyl (C=S) groups is 1. The number of halogens is 3. The molecule has 5 N–H and O–H groups in total. The van der Waals surface area contributed by atoms with Crippen molar-refractivity contribution in [2.75, 3.05) is 5.32 Å². The second-order valence-corrected chi connectivity index (χ2v) is 10.4. The van der Waals surface area contributed by atoms with E-state index < -0.39 is 20.0 Å². The standard InChI is InChI=1S/C16H23Cl3N4O3S2/c1-2-3-4-5-6-13(24)22-14(16(17,18)19)23-15(27)21-11-7-9-12(10-8-11)28(20,25)26/h7-10,14H,2-6H2,1H3,(H,22,24)(H2,20,25,26)(H2,21,23,27). The van der Waals surface area contributed by atoms with Crippen LogP contribution in [0.3, 0.4) is 0 Å². The van der Waals surface area contributed by atoms with E-state index in [0.29, 0.717) is 12.1 Å². The maximum atomic E-state index is 12.1. The second kappa shape index (κ2) is 11.4.